The SMILES string of the molecule is CN(CC(=O)O[C@@H](c1ccccc1)c1ccccn1)S(=O)(=O)c1ccc(Br)cc1. The number of sulfonamides is 1. The van der Waals surface area contributed by atoms with Crippen molar-refractivity contribution in [2.24, 2.45) is 0 Å². The van der Waals surface area contributed by atoms with E-state index >= 15 is 0 Å². The average molecular weight is 475 g/mol. The predicted molar refractivity (Wildman–Crippen MR) is 113 cm³/mol. The number of benzene rings is 2. The molecule has 0 bridgehead atoms. The van der Waals surface area contributed by atoms with E-state index in [0.29, 0.717) is 5.69 Å². The zero-order chi connectivity index (χ0) is 20.9. The van der Waals surface area contributed by atoms with E-state index in [1.165, 1.54) is 19.2 Å². The van der Waals surface area contributed by atoms with Crippen molar-refractivity contribution in [1.82, 2.24) is 9.29 Å². The fourth-order valence-electron chi connectivity index (χ4n) is 2.68. The van der Waals surface area contributed by atoms with Gasteiger partial charge in [-0.3, -0.25) is 9.78 Å². The third kappa shape index (κ3) is 5.29. The molecule has 0 N–H and O–H groups in total. The van der Waals surface area contributed by atoms with Gasteiger partial charge < -0.3 is 4.74 Å². The van der Waals surface area contributed by atoms with Gasteiger partial charge in [-0.1, -0.05) is 52.3 Å². The van der Waals surface area contributed by atoms with E-state index in [0.717, 1.165) is 14.3 Å². The van der Waals surface area contributed by atoms with Gasteiger partial charge in [-0.15, -0.1) is 0 Å². The molecule has 150 valence electrons. The van der Waals surface area contributed by atoms with Crippen LogP contribution in [0, 0.1) is 0 Å². The van der Waals surface area contributed by atoms with Gasteiger partial charge in [0.05, 0.1) is 10.6 Å². The Morgan fingerprint density at radius 3 is 2.31 bits per heavy atom. The molecule has 1 heterocycles. The van der Waals surface area contributed by atoms with Crippen molar-refractivity contribution in [2.75, 3.05) is 13.6 Å². The first-order chi connectivity index (χ1) is 13.9. The summed E-state index contributed by atoms with van der Waals surface area (Å²) in [5.41, 5.74) is 1.31. The summed E-state index contributed by atoms with van der Waals surface area (Å²) in [6, 6.07) is 20.7. The first-order valence-corrected chi connectivity index (χ1v) is 11.0. The third-order valence-corrected chi connectivity index (χ3v) is 6.53. The first kappa shape index (κ1) is 21.2. The number of carbonyl (C=O) groups is 1. The van der Waals surface area contributed by atoms with E-state index in [1.807, 2.05) is 30.3 Å². The fraction of sp³-hybridized carbons (Fsp3) is 0.143. The van der Waals surface area contributed by atoms with Crippen LogP contribution >= 0.6 is 15.9 Å². The molecule has 1 atom stereocenters. The molecule has 6 nitrogen and oxygen atoms in total. The number of carbonyl (C=O) groups excluding carboxylic acids is 1. The molecule has 3 rings (SSSR count). The summed E-state index contributed by atoms with van der Waals surface area (Å²) in [5.74, 6) is -0.673. The normalized spacial score (nSPS) is 12.5. The van der Waals surface area contributed by atoms with E-state index in [9.17, 15) is 13.2 Å². The minimum absolute atomic E-state index is 0.0975. The topological polar surface area (TPSA) is 76.6 Å². The van der Waals surface area contributed by atoms with E-state index in [4.69, 9.17) is 4.74 Å². The minimum atomic E-state index is -3.82. The lowest BCUT2D eigenvalue weighted by Crippen LogP contribution is -2.33. The number of hydrogen-bond acceptors (Lipinski definition) is 5. The van der Waals surface area contributed by atoms with E-state index in [2.05, 4.69) is 20.9 Å². The number of likely N-dealkylation sites (N-methyl/N-ethyl adjacent to an activating group) is 1. The van der Waals surface area contributed by atoms with Crippen LogP contribution in [-0.2, 0) is 19.6 Å². The van der Waals surface area contributed by atoms with E-state index in [-0.39, 0.29) is 4.90 Å². The lowest BCUT2D eigenvalue weighted by Gasteiger charge is -2.21. The van der Waals surface area contributed by atoms with Crippen LogP contribution < -0.4 is 0 Å². The molecule has 0 amide bonds. The molecule has 0 aliphatic carbocycles. The Labute approximate surface area is 178 Å². The fourth-order valence-corrected chi connectivity index (χ4v) is 4.06. The standard InChI is InChI=1S/C21H19BrN2O4S/c1-24(29(26,27)18-12-10-17(22)11-13-18)15-20(25)28-21(16-7-3-2-4-8-16)19-9-5-6-14-23-19/h2-14,21H,15H2,1H3/t21-/m0/s1. The second kappa shape index (κ2) is 9.30. The largest absolute Gasteiger partial charge is 0.450 e. The lowest BCUT2D eigenvalue weighted by atomic mass is 10.1. The van der Waals surface area contributed by atoms with E-state index in [1.54, 1.807) is 36.5 Å². The Morgan fingerprint density at radius 2 is 1.69 bits per heavy atom. The summed E-state index contributed by atoms with van der Waals surface area (Å²) in [4.78, 5) is 17.0. The zero-order valence-corrected chi connectivity index (χ0v) is 18.0. The van der Waals surface area contributed by atoms with E-state index < -0.39 is 28.6 Å². The number of halogens is 1. The van der Waals surface area contributed by atoms with Crippen molar-refractivity contribution >= 4 is 31.9 Å². The molecule has 0 spiro atoms. The Kier molecular flexibility index (Phi) is 6.79. The number of ether oxygens (including phenoxy) is 1. The molecule has 0 saturated heterocycles. The summed E-state index contributed by atoms with van der Waals surface area (Å²) < 4.78 is 32.8. The van der Waals surface area contributed by atoms with Gasteiger partial charge in [-0.2, -0.15) is 4.31 Å². The summed E-state index contributed by atoms with van der Waals surface area (Å²) >= 11 is 3.27. The first-order valence-electron chi connectivity index (χ1n) is 8.75. The Bertz CT molecular complexity index is 1020. The van der Waals surface area contributed by atoms with Crippen LogP contribution in [0.4, 0.5) is 0 Å². The Balaban J connectivity index is 1.77. The van der Waals surface area contributed by atoms with Gasteiger partial charge in [0, 0.05) is 17.7 Å². The third-order valence-electron chi connectivity index (χ3n) is 4.18. The van der Waals surface area contributed by atoms with Crippen LogP contribution in [0.5, 0.6) is 0 Å². The Morgan fingerprint density at radius 1 is 1.03 bits per heavy atom. The molecule has 0 aliphatic rings. The minimum Gasteiger partial charge on any atom is -0.450 e. The van der Waals surface area contributed by atoms with Crippen molar-refractivity contribution in [3.63, 3.8) is 0 Å². The van der Waals surface area contributed by atoms with Crippen molar-refractivity contribution in [1.29, 1.82) is 0 Å². The van der Waals surface area contributed by atoms with Crippen LogP contribution in [0.1, 0.15) is 17.4 Å². The highest BCUT2D eigenvalue weighted by molar-refractivity contribution is 9.10. The molecule has 0 saturated carbocycles. The summed E-state index contributed by atoms with van der Waals surface area (Å²) in [6.07, 6.45) is 0.886. The average Bonchev–Trinajstić information content (AvgIpc) is 2.73. The Hall–Kier alpha value is -2.55. The molecule has 1 aromatic heterocycles. The molecule has 8 heteroatoms. The van der Waals surface area contributed by atoms with Crippen LogP contribution in [-0.4, -0.2) is 37.3 Å². The molecule has 2 aromatic carbocycles. The van der Waals surface area contributed by atoms with Crippen molar-refractivity contribution in [3.8, 4) is 0 Å². The van der Waals surface area contributed by atoms with Gasteiger partial charge in [0.25, 0.3) is 0 Å². The zero-order valence-electron chi connectivity index (χ0n) is 15.6. The summed E-state index contributed by atoms with van der Waals surface area (Å²) in [7, 11) is -2.48. The van der Waals surface area contributed by atoms with Gasteiger partial charge in [-0.05, 0) is 42.0 Å². The van der Waals surface area contributed by atoms with Crippen LogP contribution in [0.15, 0.2) is 88.4 Å². The van der Waals surface area contributed by atoms with Gasteiger partial charge in [0.15, 0.2) is 6.10 Å². The number of rotatable bonds is 7. The molecule has 0 unspecified atom stereocenters. The molecular formula is C21H19BrN2O4S. The van der Waals surface area contributed by atoms with Gasteiger partial charge in [0.1, 0.15) is 6.54 Å². The van der Waals surface area contributed by atoms with Gasteiger partial charge in [0.2, 0.25) is 10.0 Å². The number of esters is 1. The molecule has 0 radical (unpaired) electrons. The van der Waals surface area contributed by atoms with Crippen LogP contribution in [0.2, 0.25) is 0 Å². The van der Waals surface area contributed by atoms with Crippen molar-refractivity contribution in [3.05, 3.63) is 94.7 Å². The molecule has 0 fully saturated rings. The number of hydrogen-bond donors (Lipinski definition) is 0. The number of pyridine rings is 1. The predicted octanol–water partition coefficient (Wildman–Crippen LogP) is 3.80. The molecule has 29 heavy (non-hydrogen) atoms. The van der Waals surface area contributed by atoms with Crippen LogP contribution in [0.25, 0.3) is 0 Å². The summed E-state index contributed by atoms with van der Waals surface area (Å²) in [5, 5.41) is 0. The number of aromatic nitrogens is 1. The maximum atomic E-state index is 12.7. The second-order valence-corrected chi connectivity index (χ2v) is 9.21. The molecule has 3 aromatic rings. The molecule has 0 aliphatic heterocycles. The quantitative estimate of drug-likeness (QED) is 0.486. The summed E-state index contributed by atoms with van der Waals surface area (Å²) in [6.45, 7) is -0.422. The van der Waals surface area contributed by atoms with Crippen molar-refractivity contribution < 1.29 is 17.9 Å². The molecular weight excluding hydrogens is 456 g/mol. The number of nitrogens with zero attached hydrogens (tertiary/aromatic N) is 2. The highest BCUT2D eigenvalue weighted by Crippen LogP contribution is 2.25. The maximum absolute atomic E-state index is 12.7. The van der Waals surface area contributed by atoms with Crippen molar-refractivity contribution in [2.45, 2.75) is 11.0 Å². The highest BCUT2D eigenvalue weighted by atomic mass is 79.9. The van der Waals surface area contributed by atoms with Gasteiger partial charge in [-0.25, -0.2) is 8.42 Å². The lowest BCUT2D eigenvalue weighted by molar-refractivity contribution is -0.147. The second-order valence-electron chi connectivity index (χ2n) is 6.25. The highest BCUT2D eigenvalue weighted by Gasteiger charge is 2.26. The maximum Gasteiger partial charge on any atom is 0.322 e. The monoisotopic (exact) mass is 474 g/mol. The van der Waals surface area contributed by atoms with Crippen LogP contribution in [0.3, 0.4) is 0 Å². The van der Waals surface area contributed by atoms with Gasteiger partial charge >= 0.3 is 5.97 Å². The smallest absolute Gasteiger partial charge is 0.322 e.